The first-order valence-corrected chi connectivity index (χ1v) is 4.67. The average Bonchev–Trinajstić information content (AvgIpc) is 2.63. The third kappa shape index (κ3) is 1.67. The molecule has 74 valence electrons. The molecule has 3 N–H and O–H groups in total. The number of carbonyl (C=O) groups excluding carboxylic acids is 1. The van der Waals surface area contributed by atoms with Crippen LogP contribution in [0.2, 0.25) is 0 Å². The number of hydrogen-bond acceptors (Lipinski definition) is 4. The van der Waals surface area contributed by atoms with Crippen molar-refractivity contribution in [3.8, 4) is 0 Å². The van der Waals surface area contributed by atoms with Crippen molar-refractivity contribution in [1.82, 2.24) is 10.3 Å². The molecule has 2 heterocycles. The zero-order valence-corrected chi connectivity index (χ0v) is 7.53. The van der Waals surface area contributed by atoms with E-state index in [1.165, 1.54) is 12.8 Å². The summed E-state index contributed by atoms with van der Waals surface area (Å²) < 4.78 is 5.41. The van der Waals surface area contributed by atoms with Gasteiger partial charge in [0.25, 0.3) is 5.91 Å². The molecule has 0 radical (unpaired) electrons. The molecule has 2 aliphatic rings. The van der Waals surface area contributed by atoms with Crippen LogP contribution >= 0.6 is 0 Å². The minimum atomic E-state index is -0.376. The fourth-order valence-corrected chi connectivity index (χ4v) is 2.07. The van der Waals surface area contributed by atoms with Crippen molar-refractivity contribution in [3.05, 3.63) is 0 Å². The first kappa shape index (κ1) is 8.93. The summed E-state index contributed by atoms with van der Waals surface area (Å²) >= 11 is 0. The lowest BCUT2D eigenvalue weighted by molar-refractivity contribution is -0.140. The molecule has 0 saturated carbocycles. The number of rotatable bonds is 1. The quantitative estimate of drug-likeness (QED) is 0.307. The molecule has 5 nitrogen and oxygen atoms in total. The Morgan fingerprint density at radius 1 is 1.62 bits per heavy atom. The normalized spacial score (nSPS) is 34.2. The van der Waals surface area contributed by atoms with Gasteiger partial charge in [-0.15, -0.1) is 0 Å². The van der Waals surface area contributed by atoms with Gasteiger partial charge in [-0.3, -0.25) is 15.1 Å². The highest BCUT2D eigenvalue weighted by atomic mass is 16.5. The first-order valence-electron chi connectivity index (χ1n) is 4.67. The number of ether oxygens (including phenoxy) is 1. The molecule has 1 amide bonds. The fourth-order valence-electron chi connectivity index (χ4n) is 2.07. The Labute approximate surface area is 77.2 Å². The van der Waals surface area contributed by atoms with Gasteiger partial charge in [0.1, 0.15) is 6.10 Å². The lowest BCUT2D eigenvalue weighted by Gasteiger charge is -2.33. The van der Waals surface area contributed by atoms with E-state index in [0.717, 1.165) is 6.54 Å². The monoisotopic (exact) mass is 185 g/mol. The van der Waals surface area contributed by atoms with Crippen molar-refractivity contribution < 1.29 is 9.53 Å². The molecule has 2 aliphatic heterocycles. The van der Waals surface area contributed by atoms with E-state index in [1.54, 1.807) is 0 Å². The molecule has 0 bridgehead atoms. The number of fused-ring (bicyclic) bond motifs is 1. The summed E-state index contributed by atoms with van der Waals surface area (Å²) in [5.74, 6) is 4.82. The molecular formula is C8H15N3O2. The van der Waals surface area contributed by atoms with E-state index >= 15 is 0 Å². The maximum Gasteiger partial charge on any atom is 0.264 e. The number of amides is 1. The van der Waals surface area contributed by atoms with E-state index in [9.17, 15) is 4.79 Å². The number of hydrogen-bond donors (Lipinski definition) is 2. The third-order valence-electron chi connectivity index (χ3n) is 2.82. The zero-order chi connectivity index (χ0) is 9.26. The smallest absolute Gasteiger partial charge is 0.264 e. The number of hydrazine groups is 1. The molecule has 0 aromatic rings. The lowest BCUT2D eigenvalue weighted by Crippen LogP contribution is -2.53. The molecule has 2 fully saturated rings. The fraction of sp³-hybridized carbons (Fsp3) is 0.875. The number of morpholine rings is 1. The maximum absolute atomic E-state index is 11.2. The van der Waals surface area contributed by atoms with E-state index < -0.39 is 0 Å². The van der Waals surface area contributed by atoms with Crippen LogP contribution in [0.3, 0.4) is 0 Å². The summed E-state index contributed by atoms with van der Waals surface area (Å²) in [4.78, 5) is 13.5. The van der Waals surface area contributed by atoms with E-state index in [2.05, 4.69) is 10.3 Å². The standard InChI is InChI=1S/C8H15N3O2/c9-10-8(12)7-4-11-3-1-2-6(11)5-13-7/h6-7H,1-5,9H2,(H,10,12)/t6-,7-/m1/s1. The predicted octanol–water partition coefficient (Wildman–Crippen LogP) is -1.16. The predicted molar refractivity (Wildman–Crippen MR) is 46.7 cm³/mol. The minimum absolute atomic E-state index is 0.217. The van der Waals surface area contributed by atoms with Crippen molar-refractivity contribution in [1.29, 1.82) is 0 Å². The van der Waals surface area contributed by atoms with Gasteiger partial charge in [0.15, 0.2) is 0 Å². The van der Waals surface area contributed by atoms with E-state index in [0.29, 0.717) is 19.2 Å². The first-order chi connectivity index (χ1) is 6.31. The van der Waals surface area contributed by atoms with E-state index in [1.807, 2.05) is 0 Å². The van der Waals surface area contributed by atoms with Crippen molar-refractivity contribution in [2.75, 3.05) is 19.7 Å². The molecule has 0 unspecified atom stereocenters. The molecule has 2 atom stereocenters. The zero-order valence-electron chi connectivity index (χ0n) is 7.53. The lowest BCUT2D eigenvalue weighted by atomic mass is 10.2. The summed E-state index contributed by atoms with van der Waals surface area (Å²) in [6.45, 7) is 2.44. The van der Waals surface area contributed by atoms with Crippen LogP contribution in [0.4, 0.5) is 0 Å². The average molecular weight is 185 g/mol. The van der Waals surface area contributed by atoms with Gasteiger partial charge in [-0.25, -0.2) is 5.84 Å². The second-order valence-corrected chi connectivity index (χ2v) is 3.62. The number of nitrogens with zero attached hydrogens (tertiary/aromatic N) is 1. The van der Waals surface area contributed by atoms with Gasteiger partial charge >= 0.3 is 0 Å². The van der Waals surface area contributed by atoms with Crippen LogP contribution in [-0.4, -0.2) is 42.6 Å². The molecule has 2 rings (SSSR count). The number of nitrogens with one attached hydrogen (secondary N) is 1. The molecule has 0 aliphatic carbocycles. The van der Waals surface area contributed by atoms with Crippen LogP contribution in [0.25, 0.3) is 0 Å². The Morgan fingerprint density at radius 2 is 2.46 bits per heavy atom. The van der Waals surface area contributed by atoms with E-state index in [4.69, 9.17) is 10.6 Å². The Balaban J connectivity index is 1.93. The van der Waals surface area contributed by atoms with Crippen molar-refractivity contribution >= 4 is 5.91 Å². The van der Waals surface area contributed by atoms with Crippen molar-refractivity contribution in [2.45, 2.75) is 25.0 Å². The van der Waals surface area contributed by atoms with Crippen LogP contribution in [0.15, 0.2) is 0 Å². The molecule has 5 heteroatoms. The van der Waals surface area contributed by atoms with Crippen molar-refractivity contribution in [3.63, 3.8) is 0 Å². The van der Waals surface area contributed by atoms with Gasteiger partial charge in [0.05, 0.1) is 6.61 Å². The van der Waals surface area contributed by atoms with Crippen LogP contribution in [-0.2, 0) is 9.53 Å². The Bertz CT molecular complexity index is 210. The molecular weight excluding hydrogens is 170 g/mol. The largest absolute Gasteiger partial charge is 0.365 e. The van der Waals surface area contributed by atoms with Crippen molar-refractivity contribution in [2.24, 2.45) is 5.84 Å². The van der Waals surface area contributed by atoms with Gasteiger partial charge in [-0.05, 0) is 19.4 Å². The summed E-state index contributed by atoms with van der Waals surface area (Å²) in [5, 5.41) is 0. The van der Waals surface area contributed by atoms with Crippen LogP contribution in [0.5, 0.6) is 0 Å². The summed E-state index contributed by atoms with van der Waals surface area (Å²) in [7, 11) is 0. The van der Waals surface area contributed by atoms with Gasteiger partial charge in [-0.1, -0.05) is 0 Å². The van der Waals surface area contributed by atoms with Crippen LogP contribution in [0.1, 0.15) is 12.8 Å². The summed E-state index contributed by atoms with van der Waals surface area (Å²) in [6.07, 6.45) is 2.03. The Hall–Kier alpha value is -0.650. The molecule has 13 heavy (non-hydrogen) atoms. The molecule has 2 saturated heterocycles. The molecule has 0 aromatic heterocycles. The van der Waals surface area contributed by atoms with Crippen LogP contribution < -0.4 is 11.3 Å². The van der Waals surface area contributed by atoms with Gasteiger partial charge in [-0.2, -0.15) is 0 Å². The highest BCUT2D eigenvalue weighted by Gasteiger charge is 2.34. The molecule has 0 spiro atoms. The highest BCUT2D eigenvalue weighted by molar-refractivity contribution is 5.80. The highest BCUT2D eigenvalue weighted by Crippen LogP contribution is 2.22. The second-order valence-electron chi connectivity index (χ2n) is 3.62. The maximum atomic E-state index is 11.2. The van der Waals surface area contributed by atoms with Crippen LogP contribution in [0, 0.1) is 0 Å². The molecule has 0 aromatic carbocycles. The summed E-state index contributed by atoms with van der Waals surface area (Å²) in [5.41, 5.74) is 2.12. The second kappa shape index (κ2) is 3.61. The number of carbonyl (C=O) groups is 1. The van der Waals surface area contributed by atoms with Gasteiger partial charge in [0.2, 0.25) is 0 Å². The summed E-state index contributed by atoms with van der Waals surface area (Å²) in [6, 6.07) is 0.529. The topological polar surface area (TPSA) is 67.6 Å². The Kier molecular flexibility index (Phi) is 2.48. The third-order valence-corrected chi connectivity index (χ3v) is 2.82. The van der Waals surface area contributed by atoms with E-state index in [-0.39, 0.29) is 12.0 Å². The van der Waals surface area contributed by atoms with Gasteiger partial charge < -0.3 is 4.74 Å². The SMILES string of the molecule is NNC(=O)[C@H]1CN2CCC[C@@H]2CO1. The van der Waals surface area contributed by atoms with Gasteiger partial charge in [0, 0.05) is 12.6 Å². The minimum Gasteiger partial charge on any atom is -0.365 e. The Morgan fingerprint density at radius 3 is 3.23 bits per heavy atom. The number of nitrogens with two attached hydrogens (primary N) is 1.